The van der Waals surface area contributed by atoms with Gasteiger partial charge in [0, 0.05) is 18.7 Å². The molecule has 0 radical (unpaired) electrons. The van der Waals surface area contributed by atoms with Crippen molar-refractivity contribution >= 4 is 27.6 Å². The highest BCUT2D eigenvalue weighted by atomic mass is 32.2. The van der Waals surface area contributed by atoms with Crippen LogP contribution in [-0.4, -0.2) is 31.0 Å². The van der Waals surface area contributed by atoms with E-state index in [4.69, 9.17) is 5.11 Å². The number of nitrogens with zero attached hydrogens (tertiary/aromatic N) is 1. The zero-order valence-electron chi connectivity index (χ0n) is 10.5. The summed E-state index contributed by atoms with van der Waals surface area (Å²) in [6, 6.07) is 2.84. The summed E-state index contributed by atoms with van der Waals surface area (Å²) in [7, 11) is -3.92. The monoisotopic (exact) mass is 303 g/mol. The molecular formula is C10H13N3O6S. The third-order valence-corrected chi connectivity index (χ3v) is 3.30. The second-order valence-electron chi connectivity index (χ2n) is 3.79. The molecule has 0 spiro atoms. The van der Waals surface area contributed by atoms with Crippen molar-refractivity contribution in [2.75, 3.05) is 11.3 Å². The summed E-state index contributed by atoms with van der Waals surface area (Å²) in [5.41, 5.74) is -1.18. The van der Waals surface area contributed by atoms with Gasteiger partial charge in [-0.2, -0.15) is 13.1 Å². The standard InChI is InChI=1S/C10H13N3O6S/c1-2-5-11-20(18,19)12-9-4-3-7(13(16)17)6-8(9)10(14)15/h3-4,6,11-12H,2,5H2,1H3,(H,14,15). The Morgan fingerprint density at radius 2 is 2.10 bits per heavy atom. The van der Waals surface area contributed by atoms with Crippen molar-refractivity contribution < 1.29 is 23.2 Å². The Morgan fingerprint density at radius 1 is 1.45 bits per heavy atom. The maximum atomic E-state index is 11.6. The predicted octanol–water partition coefficient (Wildman–Crippen LogP) is 0.949. The molecule has 0 aromatic heterocycles. The predicted molar refractivity (Wildman–Crippen MR) is 70.9 cm³/mol. The molecule has 0 amide bonds. The summed E-state index contributed by atoms with van der Waals surface area (Å²) in [6.45, 7) is 1.95. The fraction of sp³-hybridized carbons (Fsp3) is 0.300. The molecule has 0 fully saturated rings. The molecule has 10 heteroatoms. The van der Waals surface area contributed by atoms with E-state index in [2.05, 4.69) is 4.72 Å². The van der Waals surface area contributed by atoms with E-state index in [1.54, 1.807) is 6.92 Å². The third kappa shape index (κ3) is 4.17. The van der Waals surface area contributed by atoms with Crippen LogP contribution in [0, 0.1) is 10.1 Å². The van der Waals surface area contributed by atoms with E-state index in [0.717, 1.165) is 18.2 Å². The highest BCUT2D eigenvalue weighted by molar-refractivity contribution is 7.90. The molecule has 1 aromatic rings. The first-order valence-electron chi connectivity index (χ1n) is 5.56. The molecule has 110 valence electrons. The van der Waals surface area contributed by atoms with Crippen molar-refractivity contribution in [3.05, 3.63) is 33.9 Å². The van der Waals surface area contributed by atoms with Crippen molar-refractivity contribution in [3.63, 3.8) is 0 Å². The Kier molecular flexibility index (Phi) is 5.00. The van der Waals surface area contributed by atoms with Crippen LogP contribution in [0.5, 0.6) is 0 Å². The molecule has 0 saturated carbocycles. The summed E-state index contributed by atoms with van der Waals surface area (Å²) in [5.74, 6) is -1.47. The van der Waals surface area contributed by atoms with Gasteiger partial charge in [-0.1, -0.05) is 6.92 Å². The minimum absolute atomic E-state index is 0.185. The van der Waals surface area contributed by atoms with Gasteiger partial charge in [-0.25, -0.2) is 4.79 Å². The van der Waals surface area contributed by atoms with Gasteiger partial charge in [0.25, 0.3) is 15.9 Å². The van der Waals surface area contributed by atoms with E-state index >= 15 is 0 Å². The van der Waals surface area contributed by atoms with Gasteiger partial charge in [-0.05, 0) is 12.5 Å². The lowest BCUT2D eigenvalue weighted by Crippen LogP contribution is -2.31. The van der Waals surface area contributed by atoms with Gasteiger partial charge in [-0.15, -0.1) is 0 Å². The van der Waals surface area contributed by atoms with Gasteiger partial charge in [0.05, 0.1) is 16.2 Å². The number of carbonyl (C=O) groups is 1. The van der Waals surface area contributed by atoms with E-state index in [1.165, 1.54) is 0 Å². The Labute approximate surface area is 114 Å². The fourth-order valence-electron chi connectivity index (χ4n) is 1.33. The van der Waals surface area contributed by atoms with Crippen LogP contribution in [0.25, 0.3) is 0 Å². The maximum absolute atomic E-state index is 11.6. The molecule has 0 aliphatic carbocycles. The number of anilines is 1. The first-order valence-corrected chi connectivity index (χ1v) is 7.04. The average Bonchev–Trinajstić information content (AvgIpc) is 2.36. The molecule has 3 N–H and O–H groups in total. The highest BCUT2D eigenvalue weighted by Crippen LogP contribution is 2.22. The molecule has 1 aromatic carbocycles. The molecule has 0 aliphatic heterocycles. The van der Waals surface area contributed by atoms with E-state index in [0.29, 0.717) is 6.42 Å². The number of non-ortho nitro benzene ring substituents is 1. The lowest BCUT2D eigenvalue weighted by atomic mass is 10.1. The molecule has 20 heavy (non-hydrogen) atoms. The molecular weight excluding hydrogens is 290 g/mol. The summed E-state index contributed by atoms with van der Waals surface area (Å²) < 4.78 is 27.4. The number of nitrogens with one attached hydrogen (secondary N) is 2. The normalized spacial score (nSPS) is 11.1. The molecule has 9 nitrogen and oxygen atoms in total. The topological polar surface area (TPSA) is 139 Å². The van der Waals surface area contributed by atoms with E-state index in [9.17, 15) is 23.3 Å². The third-order valence-electron chi connectivity index (χ3n) is 2.23. The molecule has 0 heterocycles. The lowest BCUT2D eigenvalue weighted by molar-refractivity contribution is -0.384. The zero-order chi connectivity index (χ0) is 15.3. The number of carboxylic acids is 1. The molecule has 1 rings (SSSR count). The smallest absolute Gasteiger partial charge is 0.338 e. The first kappa shape index (κ1) is 15.9. The number of nitro groups is 1. The number of rotatable bonds is 7. The maximum Gasteiger partial charge on any atom is 0.338 e. The molecule has 0 saturated heterocycles. The van der Waals surface area contributed by atoms with Crippen LogP contribution in [0.2, 0.25) is 0 Å². The number of aromatic carboxylic acids is 1. The second kappa shape index (κ2) is 6.30. The largest absolute Gasteiger partial charge is 0.478 e. The van der Waals surface area contributed by atoms with Gasteiger partial charge < -0.3 is 5.11 Å². The molecule has 0 atom stereocenters. The van der Waals surface area contributed by atoms with Crippen molar-refractivity contribution in [1.82, 2.24) is 4.72 Å². The average molecular weight is 303 g/mol. The number of benzene rings is 1. The van der Waals surface area contributed by atoms with Crippen LogP contribution in [0.1, 0.15) is 23.7 Å². The van der Waals surface area contributed by atoms with Crippen molar-refractivity contribution in [2.24, 2.45) is 0 Å². The van der Waals surface area contributed by atoms with Crippen LogP contribution < -0.4 is 9.44 Å². The highest BCUT2D eigenvalue weighted by Gasteiger charge is 2.19. The van der Waals surface area contributed by atoms with Crippen LogP contribution in [0.15, 0.2) is 18.2 Å². The SMILES string of the molecule is CCCNS(=O)(=O)Nc1ccc([N+](=O)[O-])cc1C(=O)O. The number of hydrogen-bond acceptors (Lipinski definition) is 5. The van der Waals surface area contributed by atoms with Gasteiger partial charge in [-0.3, -0.25) is 14.8 Å². The fourth-order valence-corrected chi connectivity index (χ4v) is 2.34. The van der Waals surface area contributed by atoms with Gasteiger partial charge in [0.15, 0.2) is 0 Å². The Morgan fingerprint density at radius 3 is 2.60 bits per heavy atom. The van der Waals surface area contributed by atoms with Crippen molar-refractivity contribution in [1.29, 1.82) is 0 Å². The van der Waals surface area contributed by atoms with Gasteiger partial charge in [0.1, 0.15) is 0 Å². The molecule has 0 aliphatic rings. The minimum atomic E-state index is -3.92. The zero-order valence-corrected chi connectivity index (χ0v) is 11.3. The summed E-state index contributed by atoms with van der Waals surface area (Å²) in [5, 5.41) is 19.5. The Bertz CT molecular complexity index is 628. The quantitative estimate of drug-likeness (QED) is 0.506. The first-order chi connectivity index (χ1) is 9.26. The Balaban J connectivity index is 3.12. The minimum Gasteiger partial charge on any atom is -0.478 e. The van der Waals surface area contributed by atoms with E-state index in [1.807, 2.05) is 4.72 Å². The van der Waals surface area contributed by atoms with Gasteiger partial charge >= 0.3 is 5.97 Å². The lowest BCUT2D eigenvalue weighted by Gasteiger charge is -2.10. The van der Waals surface area contributed by atoms with Crippen LogP contribution in [0.3, 0.4) is 0 Å². The Hall–Kier alpha value is -2.20. The van der Waals surface area contributed by atoms with Gasteiger partial charge in [0.2, 0.25) is 0 Å². The van der Waals surface area contributed by atoms with Crippen LogP contribution in [-0.2, 0) is 10.2 Å². The molecule has 0 unspecified atom stereocenters. The van der Waals surface area contributed by atoms with Crippen molar-refractivity contribution in [3.8, 4) is 0 Å². The van der Waals surface area contributed by atoms with E-state index in [-0.39, 0.29) is 12.2 Å². The van der Waals surface area contributed by atoms with E-state index < -0.39 is 32.4 Å². The molecule has 0 bridgehead atoms. The van der Waals surface area contributed by atoms with Crippen molar-refractivity contribution in [2.45, 2.75) is 13.3 Å². The number of nitro benzene ring substituents is 1. The summed E-state index contributed by atoms with van der Waals surface area (Å²) >= 11 is 0. The second-order valence-corrected chi connectivity index (χ2v) is 5.29. The summed E-state index contributed by atoms with van der Waals surface area (Å²) in [6.07, 6.45) is 0.562. The summed E-state index contributed by atoms with van der Waals surface area (Å²) in [4.78, 5) is 20.8. The van der Waals surface area contributed by atoms with Crippen LogP contribution >= 0.6 is 0 Å². The number of carboxylic acid groups (broad SMARTS) is 1. The van der Waals surface area contributed by atoms with Crippen LogP contribution in [0.4, 0.5) is 11.4 Å². The number of hydrogen-bond donors (Lipinski definition) is 3.